The smallest absolute Gasteiger partial charge is 0.276 e. The summed E-state index contributed by atoms with van der Waals surface area (Å²) in [6, 6.07) is 12.1. The van der Waals surface area contributed by atoms with Crippen molar-refractivity contribution in [1.29, 1.82) is 0 Å². The first-order valence-corrected chi connectivity index (χ1v) is 8.43. The highest BCUT2D eigenvalue weighted by Crippen LogP contribution is 2.26. The van der Waals surface area contributed by atoms with E-state index in [1.165, 1.54) is 6.26 Å². The molecule has 3 rings (SSSR count). The molecule has 3 aromatic rings. The van der Waals surface area contributed by atoms with Crippen LogP contribution in [0.15, 0.2) is 53.1 Å². The van der Waals surface area contributed by atoms with Gasteiger partial charge in [0, 0.05) is 17.0 Å². The van der Waals surface area contributed by atoms with Crippen molar-refractivity contribution in [3.05, 3.63) is 59.3 Å². The summed E-state index contributed by atoms with van der Waals surface area (Å²) in [6.45, 7) is -0.279. The summed E-state index contributed by atoms with van der Waals surface area (Å²) in [6.07, 6.45) is 1.55. The van der Waals surface area contributed by atoms with E-state index in [2.05, 4.69) is 10.9 Å². The van der Waals surface area contributed by atoms with Crippen LogP contribution >= 0.6 is 11.6 Å². The SMILES string of the molecule is COc1ccc2c(CC(=O)NNC(=O)COc3ccccc3Cl)coc2c1. The maximum absolute atomic E-state index is 12.1. The van der Waals surface area contributed by atoms with Crippen LogP contribution in [0.1, 0.15) is 5.56 Å². The Balaban J connectivity index is 1.49. The molecule has 140 valence electrons. The molecule has 0 spiro atoms. The summed E-state index contributed by atoms with van der Waals surface area (Å²) in [5.74, 6) is 0.157. The molecule has 1 heterocycles. The summed E-state index contributed by atoms with van der Waals surface area (Å²) < 4.78 is 15.9. The minimum absolute atomic E-state index is 0.0466. The molecule has 0 atom stereocenters. The summed E-state index contributed by atoms with van der Waals surface area (Å²) in [5.41, 5.74) is 5.96. The van der Waals surface area contributed by atoms with Gasteiger partial charge in [0.15, 0.2) is 6.61 Å². The van der Waals surface area contributed by atoms with Crippen molar-refractivity contribution in [3.8, 4) is 11.5 Å². The van der Waals surface area contributed by atoms with Crippen molar-refractivity contribution in [1.82, 2.24) is 10.9 Å². The number of carbonyl (C=O) groups excluding carboxylic acids is 2. The number of nitrogens with one attached hydrogen (secondary N) is 2. The van der Waals surface area contributed by atoms with Crippen LogP contribution in [-0.4, -0.2) is 25.5 Å². The highest BCUT2D eigenvalue weighted by Gasteiger charge is 2.12. The van der Waals surface area contributed by atoms with Gasteiger partial charge in [-0.15, -0.1) is 0 Å². The van der Waals surface area contributed by atoms with Crippen molar-refractivity contribution >= 4 is 34.4 Å². The topological polar surface area (TPSA) is 89.8 Å². The summed E-state index contributed by atoms with van der Waals surface area (Å²) in [4.78, 5) is 23.8. The molecule has 0 aliphatic carbocycles. The lowest BCUT2D eigenvalue weighted by molar-refractivity contribution is -0.129. The number of methoxy groups -OCH3 is 1. The molecule has 0 radical (unpaired) electrons. The van der Waals surface area contributed by atoms with E-state index in [0.717, 1.165) is 5.39 Å². The van der Waals surface area contributed by atoms with Crippen molar-refractivity contribution < 1.29 is 23.5 Å². The quantitative estimate of drug-likeness (QED) is 0.634. The molecule has 8 heteroatoms. The fourth-order valence-corrected chi connectivity index (χ4v) is 2.62. The maximum Gasteiger partial charge on any atom is 0.276 e. The number of benzene rings is 2. The van der Waals surface area contributed by atoms with E-state index in [1.54, 1.807) is 43.5 Å². The van der Waals surface area contributed by atoms with Crippen LogP contribution in [0.5, 0.6) is 11.5 Å². The van der Waals surface area contributed by atoms with Crippen LogP contribution in [0.3, 0.4) is 0 Å². The molecule has 0 bridgehead atoms. The third-order valence-electron chi connectivity index (χ3n) is 3.75. The van der Waals surface area contributed by atoms with E-state index in [4.69, 9.17) is 25.5 Å². The molecule has 0 saturated heterocycles. The third-order valence-corrected chi connectivity index (χ3v) is 4.06. The Bertz CT molecular complexity index is 970. The number of ether oxygens (including phenoxy) is 2. The van der Waals surface area contributed by atoms with Gasteiger partial charge >= 0.3 is 0 Å². The van der Waals surface area contributed by atoms with Gasteiger partial charge in [-0.3, -0.25) is 20.4 Å². The standard InChI is InChI=1S/C19H17ClN2O5/c1-25-13-6-7-14-12(10-26-17(14)9-13)8-18(23)21-22-19(24)11-27-16-5-3-2-4-15(16)20/h2-7,9-10H,8,11H2,1H3,(H,21,23)(H,22,24). The van der Waals surface area contributed by atoms with Gasteiger partial charge in [0.25, 0.3) is 5.91 Å². The average molecular weight is 389 g/mol. The number of hydrogen-bond acceptors (Lipinski definition) is 5. The molecule has 2 aromatic carbocycles. The molecule has 2 amide bonds. The molecule has 7 nitrogen and oxygen atoms in total. The largest absolute Gasteiger partial charge is 0.497 e. The molecule has 1 aromatic heterocycles. The third kappa shape index (κ3) is 4.71. The Morgan fingerprint density at radius 3 is 2.67 bits per heavy atom. The van der Waals surface area contributed by atoms with E-state index in [-0.39, 0.29) is 18.9 Å². The lowest BCUT2D eigenvalue weighted by Gasteiger charge is -2.09. The first-order chi connectivity index (χ1) is 13.1. The van der Waals surface area contributed by atoms with Gasteiger partial charge in [-0.2, -0.15) is 0 Å². The van der Waals surface area contributed by atoms with Gasteiger partial charge in [-0.25, -0.2) is 0 Å². The Morgan fingerprint density at radius 1 is 1.11 bits per heavy atom. The van der Waals surface area contributed by atoms with Crippen molar-refractivity contribution in [3.63, 3.8) is 0 Å². The fraction of sp³-hybridized carbons (Fsp3) is 0.158. The Labute approximate surface area is 160 Å². The molecule has 27 heavy (non-hydrogen) atoms. The first-order valence-electron chi connectivity index (χ1n) is 8.06. The van der Waals surface area contributed by atoms with Crippen LogP contribution < -0.4 is 20.3 Å². The van der Waals surface area contributed by atoms with Gasteiger partial charge in [0.1, 0.15) is 17.1 Å². The van der Waals surface area contributed by atoms with Gasteiger partial charge in [0.05, 0.1) is 24.8 Å². The Hall–Kier alpha value is -3.19. The van der Waals surface area contributed by atoms with E-state index in [9.17, 15) is 9.59 Å². The second kappa shape index (κ2) is 8.46. The second-order valence-electron chi connectivity index (χ2n) is 5.62. The van der Waals surface area contributed by atoms with Crippen LogP contribution in [0.25, 0.3) is 11.0 Å². The number of hydrazine groups is 1. The zero-order chi connectivity index (χ0) is 19.2. The minimum Gasteiger partial charge on any atom is -0.497 e. The number of amides is 2. The first kappa shape index (κ1) is 18.6. The Morgan fingerprint density at radius 2 is 1.89 bits per heavy atom. The lowest BCUT2D eigenvalue weighted by Crippen LogP contribution is -2.44. The Kier molecular flexibility index (Phi) is 5.83. The predicted octanol–water partition coefficient (Wildman–Crippen LogP) is 2.86. The average Bonchev–Trinajstić information content (AvgIpc) is 3.07. The van der Waals surface area contributed by atoms with Crippen LogP contribution in [-0.2, 0) is 16.0 Å². The highest BCUT2D eigenvalue weighted by atomic mass is 35.5. The van der Waals surface area contributed by atoms with Gasteiger partial charge in [-0.05, 0) is 24.3 Å². The van der Waals surface area contributed by atoms with E-state index >= 15 is 0 Å². The molecule has 0 aliphatic heterocycles. The molecule has 2 N–H and O–H groups in total. The number of furan rings is 1. The highest BCUT2D eigenvalue weighted by molar-refractivity contribution is 6.32. The molecule has 0 fully saturated rings. The summed E-state index contributed by atoms with van der Waals surface area (Å²) >= 11 is 5.94. The second-order valence-corrected chi connectivity index (χ2v) is 6.02. The fourth-order valence-electron chi connectivity index (χ4n) is 2.43. The zero-order valence-electron chi connectivity index (χ0n) is 14.5. The van der Waals surface area contributed by atoms with Crippen LogP contribution in [0.4, 0.5) is 0 Å². The number of halogens is 1. The van der Waals surface area contributed by atoms with Crippen molar-refractivity contribution in [2.75, 3.05) is 13.7 Å². The number of para-hydroxylation sites is 1. The zero-order valence-corrected chi connectivity index (χ0v) is 15.2. The normalized spacial score (nSPS) is 10.4. The minimum atomic E-state index is -0.509. The number of fused-ring (bicyclic) bond motifs is 1. The van der Waals surface area contributed by atoms with Crippen LogP contribution in [0, 0.1) is 0 Å². The van der Waals surface area contributed by atoms with E-state index in [0.29, 0.717) is 27.7 Å². The summed E-state index contributed by atoms with van der Waals surface area (Å²) in [7, 11) is 1.57. The van der Waals surface area contributed by atoms with E-state index < -0.39 is 5.91 Å². The van der Waals surface area contributed by atoms with E-state index in [1.807, 2.05) is 6.07 Å². The molecule has 0 aliphatic rings. The molecule has 0 saturated carbocycles. The number of carbonyl (C=O) groups is 2. The predicted molar refractivity (Wildman–Crippen MR) is 99.7 cm³/mol. The number of rotatable bonds is 6. The molecular formula is C19H17ClN2O5. The van der Waals surface area contributed by atoms with Gasteiger partial charge in [-0.1, -0.05) is 23.7 Å². The van der Waals surface area contributed by atoms with Crippen molar-refractivity contribution in [2.24, 2.45) is 0 Å². The van der Waals surface area contributed by atoms with Crippen molar-refractivity contribution in [2.45, 2.75) is 6.42 Å². The van der Waals surface area contributed by atoms with Gasteiger partial charge < -0.3 is 13.9 Å². The molecular weight excluding hydrogens is 372 g/mol. The maximum atomic E-state index is 12.1. The monoisotopic (exact) mass is 388 g/mol. The number of hydrogen-bond donors (Lipinski definition) is 2. The van der Waals surface area contributed by atoms with Crippen LogP contribution in [0.2, 0.25) is 5.02 Å². The lowest BCUT2D eigenvalue weighted by atomic mass is 10.1. The molecule has 0 unspecified atom stereocenters. The van der Waals surface area contributed by atoms with Gasteiger partial charge in [0.2, 0.25) is 5.91 Å². The summed E-state index contributed by atoms with van der Waals surface area (Å²) in [5, 5.41) is 1.21.